The highest BCUT2D eigenvalue weighted by atomic mass is 15.0. The molecule has 0 bridgehead atoms. The lowest BCUT2D eigenvalue weighted by Crippen LogP contribution is -2.08. The number of hydrogen-bond acceptors (Lipinski definition) is 2. The summed E-state index contributed by atoms with van der Waals surface area (Å²) < 4.78 is 1.98. The van der Waals surface area contributed by atoms with Gasteiger partial charge >= 0.3 is 0 Å². The Balaban J connectivity index is 2.57. The van der Waals surface area contributed by atoms with Crippen LogP contribution in [0.3, 0.4) is 0 Å². The molecule has 2 heterocycles. The third-order valence-electron chi connectivity index (χ3n) is 2.55. The van der Waals surface area contributed by atoms with E-state index in [4.69, 9.17) is 5.26 Å². The lowest BCUT2D eigenvalue weighted by molar-refractivity contribution is 0.560. The highest BCUT2D eigenvalue weighted by Crippen LogP contribution is 2.23. The SMILES string of the molecule is CC(C)C(C#N)c1ncc2ccccn12. The van der Waals surface area contributed by atoms with Crippen LogP contribution in [0.25, 0.3) is 5.52 Å². The molecule has 15 heavy (non-hydrogen) atoms. The molecule has 1 atom stereocenters. The monoisotopic (exact) mass is 199 g/mol. The summed E-state index contributed by atoms with van der Waals surface area (Å²) in [6.45, 7) is 4.08. The van der Waals surface area contributed by atoms with Crippen LogP contribution in [0.1, 0.15) is 25.6 Å². The molecule has 0 aliphatic carbocycles. The zero-order valence-corrected chi connectivity index (χ0v) is 8.88. The molecule has 2 rings (SSSR count). The molecule has 0 saturated heterocycles. The van der Waals surface area contributed by atoms with Gasteiger partial charge in [0.25, 0.3) is 0 Å². The van der Waals surface area contributed by atoms with Crippen LogP contribution < -0.4 is 0 Å². The highest BCUT2D eigenvalue weighted by Gasteiger charge is 2.19. The quantitative estimate of drug-likeness (QED) is 0.746. The van der Waals surface area contributed by atoms with Crippen LogP contribution in [-0.2, 0) is 0 Å². The van der Waals surface area contributed by atoms with Crippen molar-refractivity contribution in [2.45, 2.75) is 19.8 Å². The molecule has 0 aromatic carbocycles. The van der Waals surface area contributed by atoms with Crippen molar-refractivity contribution in [2.75, 3.05) is 0 Å². The minimum atomic E-state index is -0.144. The van der Waals surface area contributed by atoms with E-state index >= 15 is 0 Å². The fourth-order valence-corrected chi connectivity index (χ4v) is 1.70. The molecule has 0 fully saturated rings. The normalized spacial score (nSPS) is 12.9. The summed E-state index contributed by atoms with van der Waals surface area (Å²) in [4.78, 5) is 4.33. The highest BCUT2D eigenvalue weighted by molar-refractivity contribution is 5.46. The van der Waals surface area contributed by atoms with Gasteiger partial charge in [-0.2, -0.15) is 5.26 Å². The molecule has 2 aromatic rings. The molecule has 76 valence electrons. The summed E-state index contributed by atoms with van der Waals surface area (Å²) in [5.74, 6) is 0.971. The molecule has 0 spiro atoms. The van der Waals surface area contributed by atoms with Crippen molar-refractivity contribution in [2.24, 2.45) is 5.92 Å². The lowest BCUT2D eigenvalue weighted by atomic mass is 9.97. The maximum Gasteiger partial charge on any atom is 0.130 e. The van der Waals surface area contributed by atoms with Gasteiger partial charge in [-0.1, -0.05) is 19.9 Å². The number of fused-ring (bicyclic) bond motifs is 1. The molecule has 0 N–H and O–H groups in total. The Bertz CT molecular complexity index is 505. The zero-order chi connectivity index (χ0) is 10.8. The maximum atomic E-state index is 9.12. The van der Waals surface area contributed by atoms with Gasteiger partial charge in [-0.15, -0.1) is 0 Å². The average molecular weight is 199 g/mol. The number of nitriles is 1. The number of hydrogen-bond donors (Lipinski definition) is 0. The van der Waals surface area contributed by atoms with Gasteiger partial charge in [0.05, 0.1) is 17.8 Å². The molecule has 0 radical (unpaired) electrons. The molecule has 2 aromatic heterocycles. The van der Waals surface area contributed by atoms with Gasteiger partial charge in [0, 0.05) is 6.20 Å². The fraction of sp³-hybridized carbons (Fsp3) is 0.333. The van der Waals surface area contributed by atoms with E-state index < -0.39 is 0 Å². The van der Waals surface area contributed by atoms with Gasteiger partial charge in [-0.05, 0) is 18.1 Å². The minimum absolute atomic E-state index is 0.144. The van der Waals surface area contributed by atoms with E-state index in [0.29, 0.717) is 0 Å². The summed E-state index contributed by atoms with van der Waals surface area (Å²) in [7, 11) is 0. The van der Waals surface area contributed by atoms with E-state index in [1.807, 2.05) is 48.8 Å². The van der Waals surface area contributed by atoms with Gasteiger partial charge in [0.15, 0.2) is 0 Å². The first-order valence-electron chi connectivity index (χ1n) is 5.05. The van der Waals surface area contributed by atoms with Crippen LogP contribution in [-0.4, -0.2) is 9.38 Å². The van der Waals surface area contributed by atoms with E-state index in [1.54, 1.807) is 0 Å². The Kier molecular flexibility index (Phi) is 2.42. The average Bonchev–Trinajstić information content (AvgIpc) is 2.63. The number of nitrogens with zero attached hydrogens (tertiary/aromatic N) is 3. The van der Waals surface area contributed by atoms with Crippen LogP contribution >= 0.6 is 0 Å². The summed E-state index contributed by atoms with van der Waals surface area (Å²) >= 11 is 0. The first-order chi connectivity index (χ1) is 7.24. The molecule has 0 amide bonds. The van der Waals surface area contributed by atoms with Crippen molar-refractivity contribution in [3.63, 3.8) is 0 Å². The molecule has 1 unspecified atom stereocenters. The van der Waals surface area contributed by atoms with E-state index in [0.717, 1.165) is 11.3 Å². The van der Waals surface area contributed by atoms with Crippen molar-refractivity contribution >= 4 is 5.52 Å². The molecule has 0 saturated carbocycles. The Morgan fingerprint density at radius 2 is 2.20 bits per heavy atom. The minimum Gasteiger partial charge on any atom is -0.303 e. The number of pyridine rings is 1. The summed E-state index contributed by atoms with van der Waals surface area (Å²) in [5, 5.41) is 9.12. The second-order valence-corrected chi connectivity index (χ2v) is 3.96. The summed E-state index contributed by atoms with van der Waals surface area (Å²) in [6, 6.07) is 8.23. The van der Waals surface area contributed by atoms with Crippen LogP contribution in [0.2, 0.25) is 0 Å². The Morgan fingerprint density at radius 3 is 2.87 bits per heavy atom. The number of rotatable bonds is 2. The van der Waals surface area contributed by atoms with Gasteiger partial charge < -0.3 is 4.40 Å². The predicted molar refractivity (Wildman–Crippen MR) is 58.4 cm³/mol. The Labute approximate surface area is 89.0 Å². The van der Waals surface area contributed by atoms with E-state index in [1.165, 1.54) is 0 Å². The summed E-state index contributed by atoms with van der Waals surface area (Å²) in [6.07, 6.45) is 3.76. The first-order valence-corrected chi connectivity index (χ1v) is 5.05. The molecule has 0 aliphatic heterocycles. The van der Waals surface area contributed by atoms with Crippen molar-refractivity contribution in [1.82, 2.24) is 9.38 Å². The standard InChI is InChI=1S/C12H13N3/c1-9(2)11(7-13)12-14-8-10-5-3-4-6-15(10)12/h3-6,8-9,11H,1-2H3. The first kappa shape index (κ1) is 9.72. The van der Waals surface area contributed by atoms with Gasteiger partial charge in [0.1, 0.15) is 11.7 Å². The second kappa shape index (κ2) is 3.74. The second-order valence-electron chi connectivity index (χ2n) is 3.96. The molecular formula is C12H13N3. The third kappa shape index (κ3) is 1.59. The molecule has 0 aliphatic rings. The van der Waals surface area contributed by atoms with Crippen molar-refractivity contribution < 1.29 is 0 Å². The fourth-order valence-electron chi connectivity index (χ4n) is 1.70. The summed E-state index contributed by atoms with van der Waals surface area (Å²) in [5.41, 5.74) is 1.04. The van der Waals surface area contributed by atoms with Gasteiger partial charge in [-0.3, -0.25) is 0 Å². The van der Waals surface area contributed by atoms with Crippen LogP contribution in [0.15, 0.2) is 30.6 Å². The van der Waals surface area contributed by atoms with Gasteiger partial charge in [0.2, 0.25) is 0 Å². The van der Waals surface area contributed by atoms with E-state index in [-0.39, 0.29) is 11.8 Å². The molecule has 3 nitrogen and oxygen atoms in total. The Morgan fingerprint density at radius 1 is 1.40 bits per heavy atom. The smallest absolute Gasteiger partial charge is 0.130 e. The van der Waals surface area contributed by atoms with Crippen molar-refractivity contribution in [3.8, 4) is 6.07 Å². The lowest BCUT2D eigenvalue weighted by Gasteiger charge is -2.11. The van der Waals surface area contributed by atoms with Gasteiger partial charge in [-0.25, -0.2) is 4.98 Å². The van der Waals surface area contributed by atoms with Crippen molar-refractivity contribution in [3.05, 3.63) is 36.4 Å². The third-order valence-corrected chi connectivity index (χ3v) is 2.55. The molecular weight excluding hydrogens is 186 g/mol. The van der Waals surface area contributed by atoms with Crippen LogP contribution in [0.5, 0.6) is 0 Å². The number of aromatic nitrogens is 2. The van der Waals surface area contributed by atoms with Crippen LogP contribution in [0, 0.1) is 17.2 Å². The molecule has 3 heteroatoms. The number of imidazole rings is 1. The van der Waals surface area contributed by atoms with Crippen LogP contribution in [0.4, 0.5) is 0 Å². The predicted octanol–water partition coefficient (Wildman–Crippen LogP) is 2.60. The van der Waals surface area contributed by atoms with Crippen molar-refractivity contribution in [1.29, 1.82) is 5.26 Å². The van der Waals surface area contributed by atoms with E-state index in [9.17, 15) is 0 Å². The largest absolute Gasteiger partial charge is 0.303 e. The Hall–Kier alpha value is -1.82. The maximum absolute atomic E-state index is 9.12. The zero-order valence-electron chi connectivity index (χ0n) is 8.88. The van der Waals surface area contributed by atoms with E-state index in [2.05, 4.69) is 11.1 Å². The topological polar surface area (TPSA) is 41.1 Å².